The van der Waals surface area contributed by atoms with Crippen LogP contribution in [0, 0.1) is 0 Å². The van der Waals surface area contributed by atoms with Crippen LogP contribution in [-0.2, 0) is 17.3 Å². The van der Waals surface area contributed by atoms with Crippen molar-refractivity contribution in [3.05, 3.63) is 34.2 Å². The third kappa shape index (κ3) is 3.83. The van der Waals surface area contributed by atoms with Gasteiger partial charge in [-0.15, -0.1) is 0 Å². The average Bonchev–Trinajstić information content (AvgIpc) is 2.64. The molecular weight excluding hydrogens is 358 g/mol. The quantitative estimate of drug-likeness (QED) is 0.643. The van der Waals surface area contributed by atoms with Gasteiger partial charge in [0.2, 0.25) is 0 Å². The molecular formula is C16H25N5O4S. The van der Waals surface area contributed by atoms with Crippen LogP contribution >= 0.6 is 0 Å². The highest BCUT2D eigenvalue weighted by molar-refractivity contribution is 7.86. The first kappa shape index (κ1) is 19.0. The van der Waals surface area contributed by atoms with Gasteiger partial charge in [0.15, 0.2) is 0 Å². The Kier molecular flexibility index (Phi) is 5.47. The number of nitrogens with zero attached hydrogens (tertiary/aromatic N) is 5. The molecule has 2 fully saturated rings. The molecule has 1 aromatic rings. The van der Waals surface area contributed by atoms with E-state index in [0.717, 1.165) is 13.1 Å². The Morgan fingerprint density at radius 1 is 0.923 bits per heavy atom. The maximum Gasteiger partial charge on any atom is 0.282 e. The zero-order valence-electron chi connectivity index (χ0n) is 15.2. The Bertz CT molecular complexity index is 821. The first-order chi connectivity index (χ1) is 12.3. The number of carbonyl (C=O) groups is 1. The lowest BCUT2D eigenvalue weighted by Crippen LogP contribution is -2.57. The summed E-state index contributed by atoms with van der Waals surface area (Å²) in [6.07, 6.45) is 1.56. The summed E-state index contributed by atoms with van der Waals surface area (Å²) in [7, 11) is 0.115. The van der Waals surface area contributed by atoms with Crippen molar-refractivity contribution in [2.75, 3.05) is 59.4 Å². The molecule has 0 N–H and O–H groups in total. The molecule has 0 unspecified atom stereocenters. The maximum absolute atomic E-state index is 12.8. The van der Waals surface area contributed by atoms with Gasteiger partial charge in [-0.05, 0) is 13.1 Å². The van der Waals surface area contributed by atoms with E-state index in [1.165, 1.54) is 19.2 Å². The minimum Gasteiger partial charge on any atom is -0.336 e. The summed E-state index contributed by atoms with van der Waals surface area (Å²) in [5.74, 6) is -0.237. The molecule has 144 valence electrons. The number of aryl methyl sites for hydroxylation is 1. The lowest BCUT2D eigenvalue weighted by molar-refractivity contribution is 0.0692. The number of rotatable bonds is 3. The highest BCUT2D eigenvalue weighted by Crippen LogP contribution is 2.15. The number of amides is 1. The molecule has 3 heterocycles. The van der Waals surface area contributed by atoms with Crippen molar-refractivity contribution in [2.45, 2.75) is 0 Å². The van der Waals surface area contributed by atoms with Gasteiger partial charge in [-0.25, -0.2) is 0 Å². The van der Waals surface area contributed by atoms with Crippen molar-refractivity contribution >= 4 is 16.1 Å². The molecule has 2 aliphatic heterocycles. The van der Waals surface area contributed by atoms with E-state index in [1.54, 1.807) is 24.2 Å². The number of carbonyl (C=O) groups excluding carboxylic acids is 1. The highest BCUT2D eigenvalue weighted by Gasteiger charge is 2.34. The van der Waals surface area contributed by atoms with Gasteiger partial charge in [-0.1, -0.05) is 0 Å². The Labute approximate surface area is 153 Å². The first-order valence-corrected chi connectivity index (χ1v) is 10.1. The van der Waals surface area contributed by atoms with E-state index >= 15 is 0 Å². The second kappa shape index (κ2) is 7.47. The fourth-order valence-corrected chi connectivity index (χ4v) is 4.74. The summed E-state index contributed by atoms with van der Waals surface area (Å²) in [4.78, 5) is 28.0. The molecule has 2 saturated heterocycles. The summed E-state index contributed by atoms with van der Waals surface area (Å²) in [5, 5.41) is 0. The summed E-state index contributed by atoms with van der Waals surface area (Å²) in [6, 6.07) is 2.92. The summed E-state index contributed by atoms with van der Waals surface area (Å²) >= 11 is 0. The molecule has 0 saturated carbocycles. The van der Waals surface area contributed by atoms with Gasteiger partial charge in [0, 0.05) is 77.2 Å². The van der Waals surface area contributed by atoms with E-state index in [2.05, 4.69) is 4.90 Å². The summed E-state index contributed by atoms with van der Waals surface area (Å²) in [5.41, 5.74) is 0.0932. The van der Waals surface area contributed by atoms with E-state index < -0.39 is 10.2 Å². The third-order valence-corrected chi connectivity index (χ3v) is 7.03. The molecule has 26 heavy (non-hydrogen) atoms. The van der Waals surface area contributed by atoms with Gasteiger partial charge < -0.3 is 14.4 Å². The number of piperazine rings is 2. The predicted molar refractivity (Wildman–Crippen MR) is 97.1 cm³/mol. The highest BCUT2D eigenvalue weighted by atomic mass is 32.2. The van der Waals surface area contributed by atoms with Crippen LogP contribution in [0.1, 0.15) is 10.4 Å². The fourth-order valence-electron chi connectivity index (χ4n) is 3.17. The van der Waals surface area contributed by atoms with Crippen LogP contribution in [0.2, 0.25) is 0 Å². The van der Waals surface area contributed by atoms with E-state index in [0.29, 0.717) is 31.7 Å². The molecule has 0 atom stereocenters. The van der Waals surface area contributed by atoms with E-state index in [-0.39, 0.29) is 24.6 Å². The van der Waals surface area contributed by atoms with Gasteiger partial charge in [0.1, 0.15) is 0 Å². The molecule has 9 nitrogen and oxygen atoms in total. The van der Waals surface area contributed by atoms with Crippen LogP contribution in [-0.4, -0.2) is 96.7 Å². The molecule has 0 radical (unpaired) electrons. The Morgan fingerprint density at radius 3 is 2.00 bits per heavy atom. The smallest absolute Gasteiger partial charge is 0.282 e. The average molecular weight is 383 g/mol. The minimum atomic E-state index is -3.49. The predicted octanol–water partition coefficient (Wildman–Crippen LogP) is -1.36. The van der Waals surface area contributed by atoms with Gasteiger partial charge in [-0.3, -0.25) is 9.59 Å². The number of hydrogen-bond acceptors (Lipinski definition) is 5. The van der Waals surface area contributed by atoms with Crippen LogP contribution in [0.4, 0.5) is 0 Å². The van der Waals surface area contributed by atoms with E-state index in [9.17, 15) is 18.0 Å². The van der Waals surface area contributed by atoms with Crippen molar-refractivity contribution < 1.29 is 13.2 Å². The van der Waals surface area contributed by atoms with Crippen LogP contribution in [0.5, 0.6) is 0 Å². The minimum absolute atomic E-state index is 0.237. The van der Waals surface area contributed by atoms with Gasteiger partial charge in [0.25, 0.3) is 21.7 Å². The number of hydrogen-bond donors (Lipinski definition) is 0. The lowest BCUT2D eigenvalue weighted by atomic mass is 10.2. The normalized spacial score (nSPS) is 21.1. The summed E-state index contributed by atoms with van der Waals surface area (Å²) in [6.45, 7) is 3.61. The Balaban J connectivity index is 1.62. The zero-order chi connectivity index (χ0) is 18.9. The zero-order valence-corrected chi connectivity index (χ0v) is 16.0. The SMILES string of the molecule is CN1CCN(S(=O)(=O)N2CCN(C(=O)c3ccn(C)c(=O)c3)CC2)CC1. The molecule has 0 aliphatic carbocycles. The molecule has 0 bridgehead atoms. The first-order valence-electron chi connectivity index (χ1n) is 8.69. The topological polar surface area (TPSA) is 86.2 Å². The maximum atomic E-state index is 12.8. The molecule has 10 heteroatoms. The molecule has 3 rings (SSSR count). The van der Waals surface area contributed by atoms with Crippen molar-refractivity contribution in [3.63, 3.8) is 0 Å². The van der Waals surface area contributed by atoms with Crippen LogP contribution in [0.25, 0.3) is 0 Å². The number of pyridine rings is 1. The number of aromatic nitrogens is 1. The second-order valence-corrected chi connectivity index (χ2v) is 8.69. The fraction of sp³-hybridized carbons (Fsp3) is 0.625. The van der Waals surface area contributed by atoms with Gasteiger partial charge in [0.05, 0.1) is 0 Å². The monoisotopic (exact) mass is 383 g/mol. The van der Waals surface area contributed by atoms with E-state index in [4.69, 9.17) is 0 Å². The van der Waals surface area contributed by atoms with Crippen LogP contribution in [0.15, 0.2) is 23.1 Å². The van der Waals surface area contributed by atoms with Crippen molar-refractivity contribution in [2.24, 2.45) is 7.05 Å². The summed E-state index contributed by atoms with van der Waals surface area (Å²) < 4.78 is 29.9. The van der Waals surface area contributed by atoms with E-state index in [1.807, 2.05) is 7.05 Å². The lowest BCUT2D eigenvalue weighted by Gasteiger charge is -2.39. The third-order valence-electron chi connectivity index (χ3n) is 4.99. The van der Waals surface area contributed by atoms with Crippen LogP contribution in [0.3, 0.4) is 0 Å². The molecule has 0 spiro atoms. The number of likely N-dealkylation sites (N-methyl/N-ethyl adjacent to an activating group) is 1. The largest absolute Gasteiger partial charge is 0.336 e. The second-order valence-electron chi connectivity index (χ2n) is 6.77. The standard InChI is InChI=1S/C16H25N5O4S/c1-17-5-9-20(10-6-17)26(24,25)21-11-7-19(8-12-21)16(23)14-3-4-18(2)15(22)13-14/h3-4,13H,5-12H2,1-2H3. The molecule has 2 aliphatic rings. The molecule has 1 amide bonds. The molecule has 1 aromatic heterocycles. The van der Waals surface area contributed by atoms with Crippen molar-refractivity contribution in [3.8, 4) is 0 Å². The Hall–Kier alpha value is -1.75. The van der Waals surface area contributed by atoms with Crippen molar-refractivity contribution in [1.82, 2.24) is 23.0 Å². The van der Waals surface area contributed by atoms with Crippen LogP contribution < -0.4 is 5.56 Å². The Morgan fingerprint density at radius 2 is 1.46 bits per heavy atom. The van der Waals surface area contributed by atoms with Gasteiger partial charge in [-0.2, -0.15) is 17.0 Å². The van der Waals surface area contributed by atoms with Gasteiger partial charge >= 0.3 is 0 Å². The molecule has 0 aromatic carbocycles. The van der Waals surface area contributed by atoms with Crippen molar-refractivity contribution in [1.29, 1.82) is 0 Å².